The summed E-state index contributed by atoms with van der Waals surface area (Å²) in [4.78, 5) is 29.1. The minimum atomic E-state index is -3.66. The van der Waals surface area contributed by atoms with Gasteiger partial charge in [0.15, 0.2) is 11.5 Å². The summed E-state index contributed by atoms with van der Waals surface area (Å²) in [6.07, 6.45) is 4.39. The summed E-state index contributed by atoms with van der Waals surface area (Å²) in [5, 5.41) is 14.7. The number of nitrogens with two attached hydrogens (primary N) is 1. The third-order valence-corrected chi connectivity index (χ3v) is 6.64. The predicted octanol–water partition coefficient (Wildman–Crippen LogP) is 1.75. The van der Waals surface area contributed by atoms with E-state index in [4.69, 9.17) is 14.0 Å². The monoisotopic (exact) mass is 488 g/mol. The normalized spacial score (nSPS) is 19.8. The fourth-order valence-electron chi connectivity index (χ4n) is 2.92. The number of carbonyl (C=O) groups is 2. The molecule has 2 saturated carbocycles. The van der Waals surface area contributed by atoms with Crippen molar-refractivity contribution in [1.29, 1.82) is 0 Å². The van der Waals surface area contributed by atoms with Crippen LogP contribution in [-0.2, 0) is 14.5 Å². The fourth-order valence-corrected chi connectivity index (χ4v) is 3.81. The number of nitrogens with zero attached hydrogens (tertiary/aromatic N) is 4. The van der Waals surface area contributed by atoms with E-state index in [1.54, 1.807) is 5.32 Å². The van der Waals surface area contributed by atoms with Crippen molar-refractivity contribution in [3.8, 4) is 11.8 Å². The first kappa shape index (κ1) is 16.8. The van der Waals surface area contributed by atoms with Crippen LogP contribution in [0.2, 0.25) is 0 Å². The second-order valence-electron chi connectivity index (χ2n) is 8.04. The van der Waals surface area contributed by atoms with Crippen LogP contribution in [0.15, 0.2) is 21.4 Å². The van der Waals surface area contributed by atoms with Gasteiger partial charge in [-0.25, -0.2) is 13.6 Å². The van der Waals surface area contributed by atoms with Gasteiger partial charge in [-0.05, 0) is 31.7 Å². The molecule has 2 heterocycles. The smallest absolute Gasteiger partial charge is 0.273 e. The maximum Gasteiger partial charge on any atom is 0.273 e. The molecule has 2 amide bonds. The second-order valence-corrected chi connectivity index (χ2v) is 10.3. The van der Waals surface area contributed by atoms with Gasteiger partial charge in [-0.1, -0.05) is 11.8 Å². The van der Waals surface area contributed by atoms with Gasteiger partial charge in [0.1, 0.15) is 11.6 Å². The highest BCUT2D eigenvalue weighted by molar-refractivity contribution is 7.93. The maximum atomic E-state index is 13.6. The number of anilines is 4. The number of nitrogens with one attached hydrogen (secondary N) is 3. The molecule has 0 saturated heterocycles. The van der Waals surface area contributed by atoms with Crippen molar-refractivity contribution in [3.05, 3.63) is 23.4 Å². The van der Waals surface area contributed by atoms with Gasteiger partial charge in [0, 0.05) is 46.3 Å². The molecule has 0 bridgehead atoms. The van der Waals surface area contributed by atoms with Crippen LogP contribution in [-0.4, -0.2) is 51.4 Å². The standard InChI is InChI=1S/C22H26N8O3S/c1-24-22(32)18-15(11-17(29-30-18)27-21(31)13-8-9-13)26-20-16(34(3,33)25-2)10-14(19(23)28-20)7-6-12-4-5-12/h10-13H,4-5,8-9H2,1-3H3,(H,24,32)(H4,23,26,27,28,29,31)/t34-/m1/s1/i1D3,2D3. The Kier molecular flexibility index (Phi) is 4.58. The Labute approximate surface area is 206 Å². The van der Waals surface area contributed by atoms with E-state index in [0.717, 1.165) is 19.1 Å². The minimum Gasteiger partial charge on any atom is -0.383 e. The van der Waals surface area contributed by atoms with Crippen molar-refractivity contribution in [2.45, 2.75) is 30.6 Å². The van der Waals surface area contributed by atoms with Crippen molar-refractivity contribution >= 4 is 44.7 Å². The van der Waals surface area contributed by atoms with E-state index in [2.05, 4.69) is 42.0 Å². The molecule has 5 N–H and O–H groups in total. The summed E-state index contributed by atoms with van der Waals surface area (Å²) >= 11 is 0. The van der Waals surface area contributed by atoms with Gasteiger partial charge in [-0.2, -0.15) is 0 Å². The molecule has 0 unspecified atom stereocenters. The molecule has 2 aliphatic rings. The quantitative estimate of drug-likeness (QED) is 0.447. The highest BCUT2D eigenvalue weighted by atomic mass is 32.2. The Balaban J connectivity index is 1.83. The van der Waals surface area contributed by atoms with E-state index >= 15 is 0 Å². The van der Waals surface area contributed by atoms with E-state index in [-0.39, 0.29) is 51.3 Å². The van der Waals surface area contributed by atoms with E-state index in [1.165, 1.54) is 12.1 Å². The van der Waals surface area contributed by atoms with Gasteiger partial charge in [-0.3, -0.25) is 9.59 Å². The average Bonchev–Trinajstić information content (AvgIpc) is 3.70. The summed E-state index contributed by atoms with van der Waals surface area (Å²) in [7, 11) is -3.66. The first-order valence-corrected chi connectivity index (χ1v) is 12.3. The van der Waals surface area contributed by atoms with E-state index in [9.17, 15) is 13.8 Å². The molecule has 2 fully saturated rings. The van der Waals surface area contributed by atoms with Crippen molar-refractivity contribution in [1.82, 2.24) is 20.5 Å². The molecule has 34 heavy (non-hydrogen) atoms. The Morgan fingerprint density at radius 1 is 1.26 bits per heavy atom. The number of aromatic nitrogens is 3. The lowest BCUT2D eigenvalue weighted by Crippen LogP contribution is -2.23. The van der Waals surface area contributed by atoms with Crippen molar-refractivity contribution < 1.29 is 22.0 Å². The highest BCUT2D eigenvalue weighted by Gasteiger charge is 2.30. The Hall–Kier alpha value is -3.72. The average molecular weight is 489 g/mol. The highest BCUT2D eigenvalue weighted by Crippen LogP contribution is 2.32. The molecule has 0 aliphatic heterocycles. The summed E-state index contributed by atoms with van der Waals surface area (Å²) in [5.74, 6) is 4.06. The van der Waals surface area contributed by atoms with Gasteiger partial charge < -0.3 is 21.7 Å². The number of hydrogen-bond donors (Lipinski definition) is 4. The van der Waals surface area contributed by atoms with Gasteiger partial charge in [0.05, 0.1) is 25.9 Å². The van der Waals surface area contributed by atoms with Gasteiger partial charge in [0.2, 0.25) is 5.91 Å². The van der Waals surface area contributed by atoms with Crippen LogP contribution in [0.1, 0.15) is 50.0 Å². The topological polar surface area (TPSA) is 164 Å². The molecular formula is C22H26N8O3S. The number of pyridine rings is 1. The van der Waals surface area contributed by atoms with Crippen molar-refractivity contribution in [2.24, 2.45) is 16.2 Å². The molecule has 0 spiro atoms. The number of nitrogen functional groups attached to an aromatic ring is 1. The molecule has 11 nitrogen and oxygen atoms in total. The summed E-state index contributed by atoms with van der Waals surface area (Å²) in [5.41, 5.74) is 5.63. The Bertz CT molecular complexity index is 1550. The van der Waals surface area contributed by atoms with E-state index in [0.29, 0.717) is 12.8 Å². The van der Waals surface area contributed by atoms with Crippen LogP contribution in [0, 0.1) is 23.7 Å². The second kappa shape index (κ2) is 9.26. The molecule has 178 valence electrons. The zero-order valence-electron chi connectivity index (χ0n) is 24.1. The predicted molar refractivity (Wildman–Crippen MR) is 129 cm³/mol. The lowest BCUT2D eigenvalue weighted by atomic mass is 10.2. The largest absolute Gasteiger partial charge is 0.383 e. The Morgan fingerprint density at radius 2 is 2.06 bits per heavy atom. The molecule has 4 rings (SSSR count). The zero-order chi connectivity index (χ0) is 29.5. The van der Waals surface area contributed by atoms with E-state index in [1.807, 2.05) is 0 Å². The number of hydrogen-bond acceptors (Lipinski definition) is 9. The molecule has 0 aromatic carbocycles. The van der Waals surface area contributed by atoms with Gasteiger partial charge >= 0.3 is 0 Å². The van der Waals surface area contributed by atoms with Crippen LogP contribution in [0.3, 0.4) is 0 Å². The molecular weight excluding hydrogens is 456 g/mol. The van der Waals surface area contributed by atoms with Crippen LogP contribution in [0.4, 0.5) is 23.1 Å². The third kappa shape index (κ3) is 5.26. The zero-order valence-corrected chi connectivity index (χ0v) is 19.0. The maximum absolute atomic E-state index is 13.6. The molecule has 12 heteroatoms. The third-order valence-electron chi connectivity index (χ3n) is 5.16. The molecule has 2 aromatic rings. The first-order chi connectivity index (χ1) is 18.5. The van der Waals surface area contributed by atoms with Crippen LogP contribution in [0.5, 0.6) is 0 Å². The van der Waals surface area contributed by atoms with Crippen LogP contribution < -0.4 is 21.7 Å². The van der Waals surface area contributed by atoms with Crippen LogP contribution >= 0.6 is 0 Å². The summed E-state index contributed by atoms with van der Waals surface area (Å²) in [6, 6.07) is 2.52. The van der Waals surface area contributed by atoms with Crippen molar-refractivity contribution in [3.63, 3.8) is 0 Å². The molecule has 1 atom stereocenters. The minimum absolute atomic E-state index is 0.0595. The molecule has 0 radical (unpaired) electrons. The van der Waals surface area contributed by atoms with Crippen molar-refractivity contribution in [2.75, 3.05) is 36.6 Å². The summed E-state index contributed by atoms with van der Waals surface area (Å²) < 4.78 is 61.7. The molecule has 2 aromatic heterocycles. The molecule has 2 aliphatic carbocycles. The van der Waals surface area contributed by atoms with Gasteiger partial charge in [0.25, 0.3) is 5.91 Å². The SMILES string of the molecule is [2H]C([2H])([2H])N=[S@](C)(=O)c1cc(C#CC2CC2)c(N)nc1Nc1cc(NC(=O)C2CC2)nnc1C(=O)NC([2H])([2H])[2H]. The number of rotatable bonds is 6. The van der Waals surface area contributed by atoms with E-state index < -0.39 is 35.3 Å². The lowest BCUT2D eigenvalue weighted by Gasteiger charge is -2.16. The Morgan fingerprint density at radius 3 is 2.74 bits per heavy atom. The summed E-state index contributed by atoms with van der Waals surface area (Å²) in [6.45, 7) is -5.78. The first-order valence-electron chi connectivity index (χ1n) is 13.3. The number of amides is 2. The lowest BCUT2D eigenvalue weighted by molar-refractivity contribution is -0.117. The van der Waals surface area contributed by atoms with Gasteiger partial charge in [-0.15, -0.1) is 10.2 Å². The fraction of sp³-hybridized carbons (Fsp3) is 0.409. The van der Waals surface area contributed by atoms with Crippen LogP contribution in [0.25, 0.3) is 0 Å². The number of carbonyl (C=O) groups excluding carboxylic acids is 2.